The number of carbonyl (C=O) groups excluding carboxylic acids is 2. The molecule has 8 nitrogen and oxygen atoms in total. The maximum absolute atomic E-state index is 13.6. The topological polar surface area (TPSA) is 99.2 Å². The largest absolute Gasteiger partial charge is 0.463 e. The Balaban J connectivity index is 1.97. The highest BCUT2D eigenvalue weighted by atomic mass is 32.2. The fourth-order valence-electron chi connectivity index (χ4n) is 3.36. The van der Waals surface area contributed by atoms with E-state index in [2.05, 4.69) is 0 Å². The van der Waals surface area contributed by atoms with Gasteiger partial charge < -0.3 is 14.2 Å². The fourth-order valence-corrected chi connectivity index (χ4v) is 4.82. The van der Waals surface area contributed by atoms with Crippen LogP contribution < -0.4 is 0 Å². The highest BCUT2D eigenvalue weighted by Crippen LogP contribution is 2.27. The van der Waals surface area contributed by atoms with E-state index in [-0.39, 0.29) is 18.0 Å². The van der Waals surface area contributed by atoms with Crippen molar-refractivity contribution in [2.75, 3.05) is 6.61 Å². The molecule has 1 aliphatic heterocycles. The van der Waals surface area contributed by atoms with Crippen molar-refractivity contribution >= 4 is 22.0 Å². The Bertz CT molecular complexity index is 1100. The predicted octanol–water partition coefficient (Wildman–Crippen LogP) is 2.96. The minimum atomic E-state index is -3.97. The van der Waals surface area contributed by atoms with Crippen LogP contribution in [0, 0.1) is 6.92 Å². The van der Waals surface area contributed by atoms with E-state index in [4.69, 9.17) is 14.2 Å². The molecule has 0 aliphatic carbocycles. The van der Waals surface area contributed by atoms with Crippen LogP contribution in [-0.4, -0.2) is 49.7 Å². The average molecular weight is 474 g/mol. The van der Waals surface area contributed by atoms with Crippen LogP contribution in [0.15, 0.2) is 71.6 Å². The predicted molar refractivity (Wildman–Crippen MR) is 120 cm³/mol. The number of hydrogen-bond donors (Lipinski definition) is 0. The van der Waals surface area contributed by atoms with E-state index in [0.29, 0.717) is 0 Å². The maximum Gasteiger partial charge on any atom is 0.303 e. The van der Waals surface area contributed by atoms with E-state index in [0.717, 1.165) is 11.1 Å². The summed E-state index contributed by atoms with van der Waals surface area (Å²) in [4.78, 5) is 23.0. The number of sulfonamides is 1. The van der Waals surface area contributed by atoms with Crippen molar-refractivity contribution in [2.24, 2.45) is 0 Å². The highest BCUT2D eigenvalue weighted by molar-refractivity contribution is 7.89. The molecule has 3 atom stereocenters. The minimum absolute atomic E-state index is 0.0462. The van der Waals surface area contributed by atoms with Crippen molar-refractivity contribution in [2.45, 2.75) is 50.6 Å². The molecule has 0 radical (unpaired) electrons. The third-order valence-electron chi connectivity index (χ3n) is 4.99. The SMILES string of the molecule is CC(=O)OC[C@H]1O[C@H](N(Cc2ccccc2)S(=O)(=O)c2ccc(C)cc2)C=C[C@@H]1OC(C)=O. The first-order valence-electron chi connectivity index (χ1n) is 10.4. The zero-order valence-electron chi connectivity index (χ0n) is 18.7. The number of ether oxygens (including phenoxy) is 3. The number of benzene rings is 2. The van der Waals surface area contributed by atoms with Gasteiger partial charge in [-0.2, -0.15) is 4.31 Å². The van der Waals surface area contributed by atoms with Crippen LogP contribution in [0.3, 0.4) is 0 Å². The standard InChI is InChI=1S/C24H27NO7S/c1-17-9-11-21(12-10-17)33(28,29)25(15-20-7-5-4-6-8-20)24-14-13-22(31-19(3)27)23(32-24)16-30-18(2)26/h4-14,22-24H,15-16H2,1-3H3/t22-,23+,24-/m0/s1. The van der Waals surface area contributed by atoms with Crippen LogP contribution in [0.4, 0.5) is 0 Å². The lowest BCUT2D eigenvalue weighted by atomic mass is 10.1. The highest BCUT2D eigenvalue weighted by Gasteiger charge is 2.38. The van der Waals surface area contributed by atoms with E-state index in [9.17, 15) is 18.0 Å². The van der Waals surface area contributed by atoms with Crippen molar-refractivity contribution in [3.05, 3.63) is 77.9 Å². The summed E-state index contributed by atoms with van der Waals surface area (Å²) in [5.41, 5.74) is 1.70. The van der Waals surface area contributed by atoms with Gasteiger partial charge >= 0.3 is 11.9 Å². The Morgan fingerprint density at radius 2 is 1.64 bits per heavy atom. The van der Waals surface area contributed by atoms with Crippen molar-refractivity contribution in [1.82, 2.24) is 4.31 Å². The molecule has 2 aromatic rings. The fraction of sp³-hybridized carbons (Fsp3) is 0.333. The normalized spacial score (nSPS) is 20.4. The lowest BCUT2D eigenvalue weighted by molar-refractivity contribution is -0.169. The summed E-state index contributed by atoms with van der Waals surface area (Å²) >= 11 is 0. The van der Waals surface area contributed by atoms with Crippen LogP contribution in [0.25, 0.3) is 0 Å². The smallest absolute Gasteiger partial charge is 0.303 e. The van der Waals surface area contributed by atoms with E-state index in [1.165, 1.54) is 24.2 Å². The number of carbonyl (C=O) groups is 2. The van der Waals surface area contributed by atoms with Crippen LogP contribution in [0.2, 0.25) is 0 Å². The summed E-state index contributed by atoms with van der Waals surface area (Å²) in [7, 11) is -3.97. The third kappa shape index (κ3) is 6.50. The number of aryl methyl sites for hydroxylation is 1. The lowest BCUT2D eigenvalue weighted by Gasteiger charge is -2.36. The Morgan fingerprint density at radius 3 is 2.24 bits per heavy atom. The molecule has 33 heavy (non-hydrogen) atoms. The number of esters is 2. The molecule has 0 amide bonds. The summed E-state index contributed by atoms with van der Waals surface area (Å²) in [6.45, 7) is 4.23. The molecule has 176 valence electrons. The van der Waals surface area contributed by atoms with Gasteiger partial charge in [0.2, 0.25) is 10.0 Å². The number of nitrogens with zero attached hydrogens (tertiary/aromatic N) is 1. The second-order valence-electron chi connectivity index (χ2n) is 7.68. The molecule has 3 rings (SSSR count). The molecule has 0 aromatic heterocycles. The first kappa shape index (κ1) is 24.6. The number of rotatable bonds is 8. The molecule has 1 aliphatic rings. The van der Waals surface area contributed by atoms with E-state index in [1.807, 2.05) is 37.3 Å². The zero-order chi connectivity index (χ0) is 24.0. The van der Waals surface area contributed by atoms with Crippen molar-refractivity contribution < 1.29 is 32.2 Å². The second-order valence-corrected chi connectivity index (χ2v) is 9.57. The molecule has 0 saturated carbocycles. The number of hydrogen-bond acceptors (Lipinski definition) is 7. The van der Waals surface area contributed by atoms with Crippen molar-refractivity contribution in [3.8, 4) is 0 Å². The van der Waals surface area contributed by atoms with Crippen LogP contribution in [0.1, 0.15) is 25.0 Å². The summed E-state index contributed by atoms with van der Waals surface area (Å²) in [5, 5.41) is 0. The van der Waals surface area contributed by atoms with Gasteiger partial charge in [0, 0.05) is 20.4 Å². The molecule has 0 bridgehead atoms. The molecule has 0 saturated heterocycles. The van der Waals surface area contributed by atoms with Gasteiger partial charge in [0.25, 0.3) is 0 Å². The van der Waals surface area contributed by atoms with Gasteiger partial charge in [-0.25, -0.2) is 8.42 Å². The molecule has 1 heterocycles. The van der Waals surface area contributed by atoms with Crippen LogP contribution in [0.5, 0.6) is 0 Å². The van der Waals surface area contributed by atoms with Crippen LogP contribution >= 0.6 is 0 Å². The van der Waals surface area contributed by atoms with Crippen LogP contribution in [-0.2, 0) is 40.4 Å². The first-order valence-corrected chi connectivity index (χ1v) is 11.9. The second kappa shape index (κ2) is 10.7. The average Bonchev–Trinajstić information content (AvgIpc) is 2.77. The first-order chi connectivity index (χ1) is 15.7. The Kier molecular flexibility index (Phi) is 8.01. The van der Waals surface area contributed by atoms with Gasteiger partial charge in [-0.15, -0.1) is 0 Å². The van der Waals surface area contributed by atoms with Gasteiger partial charge in [-0.3, -0.25) is 9.59 Å². The molecule has 2 aromatic carbocycles. The molecular weight excluding hydrogens is 446 g/mol. The quantitative estimate of drug-likeness (QED) is 0.429. The van der Waals surface area contributed by atoms with E-state index in [1.54, 1.807) is 30.3 Å². The molecule has 0 spiro atoms. The van der Waals surface area contributed by atoms with Crippen molar-refractivity contribution in [1.29, 1.82) is 0 Å². The van der Waals surface area contributed by atoms with Gasteiger partial charge in [-0.05, 0) is 36.8 Å². The zero-order valence-corrected chi connectivity index (χ0v) is 19.5. The summed E-state index contributed by atoms with van der Waals surface area (Å²) in [6, 6.07) is 15.7. The summed E-state index contributed by atoms with van der Waals surface area (Å²) < 4.78 is 44.8. The van der Waals surface area contributed by atoms with Gasteiger partial charge in [0.1, 0.15) is 25.0 Å². The molecule has 0 unspecified atom stereocenters. The monoisotopic (exact) mass is 473 g/mol. The Hall–Kier alpha value is -3.01. The minimum Gasteiger partial charge on any atom is -0.463 e. The third-order valence-corrected chi connectivity index (χ3v) is 6.81. The molecule has 0 fully saturated rings. The Morgan fingerprint density at radius 1 is 0.970 bits per heavy atom. The lowest BCUT2D eigenvalue weighted by Crippen LogP contribution is -2.49. The maximum atomic E-state index is 13.6. The summed E-state index contributed by atoms with van der Waals surface area (Å²) in [5.74, 6) is -1.06. The van der Waals surface area contributed by atoms with Gasteiger partial charge in [0.15, 0.2) is 0 Å². The van der Waals surface area contributed by atoms with E-state index < -0.39 is 40.4 Å². The summed E-state index contributed by atoms with van der Waals surface area (Å²) in [6.07, 6.45) is 0.390. The van der Waals surface area contributed by atoms with Gasteiger partial charge in [-0.1, -0.05) is 48.0 Å². The van der Waals surface area contributed by atoms with E-state index >= 15 is 0 Å². The molecule has 9 heteroatoms. The van der Waals surface area contributed by atoms with Crippen molar-refractivity contribution in [3.63, 3.8) is 0 Å². The Labute approximate surface area is 193 Å². The van der Waals surface area contributed by atoms with Gasteiger partial charge in [0.05, 0.1) is 4.90 Å². The molecular formula is C24H27NO7S. The molecule has 0 N–H and O–H groups in total.